The van der Waals surface area contributed by atoms with Crippen molar-refractivity contribution in [2.45, 2.75) is 20.4 Å². The number of nitrogens with zero attached hydrogens (tertiary/aromatic N) is 1. The third-order valence-electron chi connectivity index (χ3n) is 2.85. The predicted molar refractivity (Wildman–Crippen MR) is 59.1 cm³/mol. The number of benzene rings is 1. The average molecular weight is 186 g/mol. The molecule has 1 aromatic carbocycles. The minimum Gasteiger partial charge on any atom is -0.326 e. The van der Waals surface area contributed by atoms with E-state index in [4.69, 9.17) is 5.73 Å². The number of hydrogen-bond acceptors (Lipinski definition) is 2. The smallest absolute Gasteiger partial charge is 0.0349 e. The van der Waals surface area contributed by atoms with Gasteiger partial charge in [0, 0.05) is 24.3 Å². The van der Waals surface area contributed by atoms with Gasteiger partial charge in [-0.25, -0.2) is 0 Å². The summed E-state index contributed by atoms with van der Waals surface area (Å²) in [6, 6.07) is 4.18. The molecule has 2 heteroatoms. The van der Waals surface area contributed by atoms with E-state index in [-0.39, 0.29) is 0 Å². The zero-order chi connectivity index (χ0) is 10.1. The molecule has 0 radical (unpaired) electrons. The van der Waals surface area contributed by atoms with Crippen LogP contribution in [-0.4, -0.2) is 4.98 Å². The molecule has 2 aromatic rings. The molecule has 0 amide bonds. The lowest BCUT2D eigenvalue weighted by Crippen LogP contribution is -2.01. The number of aryl methyl sites for hydroxylation is 1. The zero-order valence-electron chi connectivity index (χ0n) is 8.54. The van der Waals surface area contributed by atoms with Gasteiger partial charge in [-0.3, -0.25) is 4.98 Å². The van der Waals surface area contributed by atoms with Gasteiger partial charge in [0.1, 0.15) is 0 Å². The fourth-order valence-corrected chi connectivity index (χ4v) is 1.80. The Morgan fingerprint density at radius 2 is 2.07 bits per heavy atom. The Morgan fingerprint density at radius 1 is 1.29 bits per heavy atom. The lowest BCUT2D eigenvalue weighted by Gasteiger charge is -2.10. The topological polar surface area (TPSA) is 38.9 Å². The van der Waals surface area contributed by atoms with Gasteiger partial charge in [-0.1, -0.05) is 0 Å². The number of fused-ring (bicyclic) bond motifs is 1. The maximum Gasteiger partial charge on any atom is 0.0349 e. The molecule has 2 rings (SSSR count). The highest BCUT2D eigenvalue weighted by atomic mass is 14.6. The molecule has 0 saturated heterocycles. The van der Waals surface area contributed by atoms with E-state index in [1.54, 1.807) is 0 Å². The van der Waals surface area contributed by atoms with Gasteiger partial charge in [-0.15, -0.1) is 0 Å². The molecule has 0 fully saturated rings. The summed E-state index contributed by atoms with van der Waals surface area (Å²) in [5.74, 6) is 0. The van der Waals surface area contributed by atoms with Gasteiger partial charge in [-0.05, 0) is 48.1 Å². The molecule has 1 heterocycles. The van der Waals surface area contributed by atoms with Crippen LogP contribution in [0.25, 0.3) is 10.8 Å². The summed E-state index contributed by atoms with van der Waals surface area (Å²) in [5, 5.41) is 2.45. The van der Waals surface area contributed by atoms with Crippen LogP contribution in [0.5, 0.6) is 0 Å². The Hall–Kier alpha value is -1.41. The summed E-state index contributed by atoms with van der Waals surface area (Å²) in [6.45, 7) is 4.84. The summed E-state index contributed by atoms with van der Waals surface area (Å²) >= 11 is 0. The van der Waals surface area contributed by atoms with E-state index in [1.807, 2.05) is 18.5 Å². The molecular formula is C12H14N2. The van der Waals surface area contributed by atoms with Crippen molar-refractivity contribution >= 4 is 10.8 Å². The molecule has 2 nitrogen and oxygen atoms in total. The summed E-state index contributed by atoms with van der Waals surface area (Å²) in [6.07, 6.45) is 3.73. The first-order chi connectivity index (χ1) is 6.74. The standard InChI is InChI=1S/C12H14N2/c1-8-9(2)12-7-14-4-3-10(12)5-11(8)6-13/h3-5,7H,6,13H2,1-2H3. The van der Waals surface area contributed by atoms with Crippen molar-refractivity contribution in [1.82, 2.24) is 4.98 Å². The first-order valence-corrected chi connectivity index (χ1v) is 4.77. The van der Waals surface area contributed by atoms with Crippen molar-refractivity contribution in [3.63, 3.8) is 0 Å². The minimum atomic E-state index is 0.602. The molecule has 0 saturated carbocycles. The van der Waals surface area contributed by atoms with Crippen LogP contribution in [0, 0.1) is 13.8 Å². The SMILES string of the molecule is Cc1c(CN)cc2ccncc2c1C. The Morgan fingerprint density at radius 3 is 2.79 bits per heavy atom. The van der Waals surface area contributed by atoms with E-state index in [1.165, 1.54) is 27.5 Å². The third-order valence-corrected chi connectivity index (χ3v) is 2.85. The monoisotopic (exact) mass is 186 g/mol. The highest BCUT2D eigenvalue weighted by Gasteiger charge is 2.04. The van der Waals surface area contributed by atoms with Crippen molar-refractivity contribution in [2.75, 3.05) is 0 Å². The van der Waals surface area contributed by atoms with Crippen LogP contribution in [-0.2, 0) is 6.54 Å². The Labute approximate surface area is 83.8 Å². The first-order valence-electron chi connectivity index (χ1n) is 4.77. The number of aromatic nitrogens is 1. The van der Waals surface area contributed by atoms with E-state index in [9.17, 15) is 0 Å². The number of rotatable bonds is 1. The average Bonchev–Trinajstić information content (AvgIpc) is 2.23. The summed E-state index contributed by atoms with van der Waals surface area (Å²) in [7, 11) is 0. The van der Waals surface area contributed by atoms with E-state index in [2.05, 4.69) is 24.9 Å². The fraction of sp³-hybridized carbons (Fsp3) is 0.250. The highest BCUT2D eigenvalue weighted by Crippen LogP contribution is 2.23. The Balaban J connectivity index is 2.85. The number of pyridine rings is 1. The fourth-order valence-electron chi connectivity index (χ4n) is 1.80. The van der Waals surface area contributed by atoms with Crippen LogP contribution in [0.15, 0.2) is 24.5 Å². The largest absolute Gasteiger partial charge is 0.326 e. The molecule has 0 unspecified atom stereocenters. The van der Waals surface area contributed by atoms with Gasteiger partial charge in [0.25, 0.3) is 0 Å². The van der Waals surface area contributed by atoms with Crippen molar-refractivity contribution in [3.05, 3.63) is 41.2 Å². The molecule has 0 bridgehead atoms. The summed E-state index contributed by atoms with van der Waals surface area (Å²) in [4.78, 5) is 4.14. The number of hydrogen-bond donors (Lipinski definition) is 1. The van der Waals surface area contributed by atoms with Crippen molar-refractivity contribution in [2.24, 2.45) is 5.73 Å². The van der Waals surface area contributed by atoms with Crippen molar-refractivity contribution < 1.29 is 0 Å². The van der Waals surface area contributed by atoms with Crippen LogP contribution in [0.2, 0.25) is 0 Å². The van der Waals surface area contributed by atoms with E-state index in [0.29, 0.717) is 6.54 Å². The minimum absolute atomic E-state index is 0.602. The van der Waals surface area contributed by atoms with Crippen molar-refractivity contribution in [3.8, 4) is 0 Å². The Bertz CT molecular complexity index is 475. The lowest BCUT2D eigenvalue weighted by molar-refractivity contribution is 1.05. The molecule has 0 aliphatic carbocycles. The maximum atomic E-state index is 5.69. The van der Waals surface area contributed by atoms with E-state index >= 15 is 0 Å². The van der Waals surface area contributed by atoms with Crippen molar-refractivity contribution in [1.29, 1.82) is 0 Å². The van der Waals surface area contributed by atoms with E-state index in [0.717, 1.165) is 0 Å². The molecule has 1 aromatic heterocycles. The quantitative estimate of drug-likeness (QED) is 0.742. The second kappa shape index (κ2) is 3.39. The third kappa shape index (κ3) is 1.28. The molecule has 0 spiro atoms. The number of nitrogens with two attached hydrogens (primary N) is 1. The molecular weight excluding hydrogens is 172 g/mol. The van der Waals surface area contributed by atoms with Gasteiger partial charge in [0.2, 0.25) is 0 Å². The predicted octanol–water partition coefficient (Wildman–Crippen LogP) is 2.31. The molecule has 0 atom stereocenters. The van der Waals surface area contributed by atoms with Crippen LogP contribution in [0.1, 0.15) is 16.7 Å². The van der Waals surface area contributed by atoms with Crippen LogP contribution in [0.3, 0.4) is 0 Å². The van der Waals surface area contributed by atoms with Crippen LogP contribution < -0.4 is 5.73 Å². The lowest BCUT2D eigenvalue weighted by atomic mass is 9.97. The Kier molecular flexibility index (Phi) is 2.22. The molecule has 14 heavy (non-hydrogen) atoms. The highest BCUT2D eigenvalue weighted by molar-refractivity contribution is 5.86. The second-order valence-electron chi connectivity index (χ2n) is 3.59. The second-order valence-corrected chi connectivity index (χ2v) is 3.59. The zero-order valence-corrected chi connectivity index (χ0v) is 8.54. The van der Waals surface area contributed by atoms with Gasteiger partial charge in [0.05, 0.1) is 0 Å². The van der Waals surface area contributed by atoms with E-state index < -0.39 is 0 Å². The van der Waals surface area contributed by atoms with Gasteiger partial charge >= 0.3 is 0 Å². The molecule has 72 valence electrons. The van der Waals surface area contributed by atoms with Gasteiger partial charge in [-0.2, -0.15) is 0 Å². The molecule has 2 N–H and O–H groups in total. The molecule has 0 aliphatic heterocycles. The van der Waals surface area contributed by atoms with Crippen LogP contribution in [0.4, 0.5) is 0 Å². The summed E-state index contributed by atoms with van der Waals surface area (Å²) < 4.78 is 0. The maximum absolute atomic E-state index is 5.69. The normalized spacial score (nSPS) is 10.8. The van der Waals surface area contributed by atoms with Gasteiger partial charge in [0.15, 0.2) is 0 Å². The molecule has 0 aliphatic rings. The first kappa shape index (κ1) is 9.16. The van der Waals surface area contributed by atoms with Gasteiger partial charge < -0.3 is 5.73 Å². The summed E-state index contributed by atoms with van der Waals surface area (Å²) in [5.41, 5.74) is 9.49. The van der Waals surface area contributed by atoms with Crippen LogP contribution >= 0.6 is 0 Å².